The van der Waals surface area contributed by atoms with Crippen LogP contribution in [0.15, 0.2) is 54.6 Å². The van der Waals surface area contributed by atoms with Crippen LogP contribution in [0.3, 0.4) is 0 Å². The minimum atomic E-state index is -0.0951. The first-order valence-corrected chi connectivity index (χ1v) is 6.24. The van der Waals surface area contributed by atoms with Gasteiger partial charge >= 0.3 is 0 Å². The Hall–Kier alpha value is -1.93. The molecule has 2 aromatic carbocycles. The summed E-state index contributed by atoms with van der Waals surface area (Å²) in [6, 6.07) is 17.7. The highest BCUT2D eigenvalue weighted by molar-refractivity contribution is 6.00. The molecule has 0 amide bonds. The van der Waals surface area contributed by atoms with Gasteiger partial charge in [0.15, 0.2) is 5.78 Å². The number of ketones is 1. The van der Waals surface area contributed by atoms with Gasteiger partial charge in [0, 0.05) is 12.1 Å². The average molecular weight is 237 g/mol. The molecule has 1 atom stereocenters. The summed E-state index contributed by atoms with van der Waals surface area (Å²) in [4.78, 5) is 12.3. The lowest BCUT2D eigenvalue weighted by atomic mass is 9.91. The van der Waals surface area contributed by atoms with Crippen LogP contribution in [0.1, 0.15) is 21.5 Å². The van der Waals surface area contributed by atoms with E-state index in [9.17, 15) is 4.79 Å². The molecule has 0 saturated heterocycles. The molecular weight excluding hydrogens is 222 g/mol. The predicted octanol–water partition coefficient (Wildman–Crippen LogP) is 2.58. The van der Waals surface area contributed by atoms with Crippen molar-refractivity contribution in [2.75, 3.05) is 0 Å². The first-order chi connectivity index (χ1) is 8.84. The van der Waals surface area contributed by atoms with Gasteiger partial charge in [0.1, 0.15) is 0 Å². The Morgan fingerprint density at radius 3 is 2.39 bits per heavy atom. The molecule has 0 saturated carbocycles. The highest BCUT2D eigenvalue weighted by atomic mass is 16.1. The summed E-state index contributed by atoms with van der Waals surface area (Å²) < 4.78 is 0. The fraction of sp³-hybridized carbons (Fsp3) is 0.188. The van der Waals surface area contributed by atoms with Gasteiger partial charge < -0.3 is 5.32 Å². The summed E-state index contributed by atoms with van der Waals surface area (Å²) in [7, 11) is 0. The largest absolute Gasteiger partial charge is 0.303 e. The number of rotatable bonds is 2. The SMILES string of the molecule is O=C(c1ccccc1)C1Cc2ccccc2CN1. The summed E-state index contributed by atoms with van der Waals surface area (Å²) >= 11 is 0. The van der Waals surface area contributed by atoms with Crippen molar-refractivity contribution in [1.29, 1.82) is 0 Å². The van der Waals surface area contributed by atoms with E-state index in [4.69, 9.17) is 0 Å². The maximum atomic E-state index is 12.3. The zero-order chi connectivity index (χ0) is 12.4. The number of carbonyl (C=O) groups is 1. The van der Waals surface area contributed by atoms with Gasteiger partial charge in [-0.05, 0) is 17.5 Å². The molecule has 0 bridgehead atoms. The Kier molecular flexibility index (Phi) is 2.95. The third-order valence-corrected chi connectivity index (χ3v) is 3.46. The third kappa shape index (κ3) is 2.07. The van der Waals surface area contributed by atoms with E-state index in [1.807, 2.05) is 42.5 Å². The Balaban J connectivity index is 1.82. The van der Waals surface area contributed by atoms with Crippen molar-refractivity contribution in [3.63, 3.8) is 0 Å². The van der Waals surface area contributed by atoms with Gasteiger partial charge in [-0.15, -0.1) is 0 Å². The fourth-order valence-electron chi connectivity index (χ4n) is 2.44. The highest BCUT2D eigenvalue weighted by Gasteiger charge is 2.24. The predicted molar refractivity (Wildman–Crippen MR) is 71.5 cm³/mol. The van der Waals surface area contributed by atoms with E-state index in [1.54, 1.807) is 0 Å². The molecule has 3 rings (SSSR count). The summed E-state index contributed by atoms with van der Waals surface area (Å²) in [5, 5.41) is 3.32. The molecule has 1 aliphatic heterocycles. The molecule has 1 N–H and O–H groups in total. The van der Waals surface area contributed by atoms with E-state index in [-0.39, 0.29) is 11.8 Å². The van der Waals surface area contributed by atoms with Gasteiger partial charge in [-0.2, -0.15) is 0 Å². The number of hydrogen-bond donors (Lipinski definition) is 1. The summed E-state index contributed by atoms with van der Waals surface area (Å²) in [5.41, 5.74) is 3.37. The molecule has 2 aromatic rings. The molecule has 1 unspecified atom stereocenters. The van der Waals surface area contributed by atoms with Crippen molar-refractivity contribution in [2.24, 2.45) is 0 Å². The summed E-state index contributed by atoms with van der Waals surface area (Å²) in [5.74, 6) is 0.185. The van der Waals surface area contributed by atoms with Crippen molar-refractivity contribution in [3.8, 4) is 0 Å². The first-order valence-electron chi connectivity index (χ1n) is 6.24. The van der Waals surface area contributed by atoms with Crippen molar-refractivity contribution in [3.05, 3.63) is 71.3 Å². The number of benzene rings is 2. The van der Waals surface area contributed by atoms with Gasteiger partial charge in [0.2, 0.25) is 0 Å². The lowest BCUT2D eigenvalue weighted by Crippen LogP contribution is -2.41. The molecule has 0 aromatic heterocycles. The van der Waals surface area contributed by atoms with Crippen LogP contribution >= 0.6 is 0 Å². The van der Waals surface area contributed by atoms with Crippen molar-refractivity contribution >= 4 is 5.78 Å². The van der Waals surface area contributed by atoms with E-state index < -0.39 is 0 Å². The van der Waals surface area contributed by atoms with Crippen molar-refractivity contribution < 1.29 is 4.79 Å². The normalized spacial score (nSPS) is 18.1. The maximum absolute atomic E-state index is 12.3. The molecule has 0 aliphatic carbocycles. The van der Waals surface area contributed by atoms with Gasteiger partial charge in [-0.25, -0.2) is 0 Å². The van der Waals surface area contributed by atoms with Gasteiger partial charge in [0.25, 0.3) is 0 Å². The smallest absolute Gasteiger partial charge is 0.180 e. The number of hydrogen-bond acceptors (Lipinski definition) is 2. The minimum absolute atomic E-state index is 0.0951. The zero-order valence-corrected chi connectivity index (χ0v) is 10.1. The van der Waals surface area contributed by atoms with Crippen LogP contribution in [0, 0.1) is 0 Å². The zero-order valence-electron chi connectivity index (χ0n) is 10.1. The fourth-order valence-corrected chi connectivity index (χ4v) is 2.44. The minimum Gasteiger partial charge on any atom is -0.303 e. The summed E-state index contributed by atoms with van der Waals surface area (Å²) in [6.07, 6.45) is 0.782. The van der Waals surface area contributed by atoms with Crippen molar-refractivity contribution in [1.82, 2.24) is 5.32 Å². The van der Waals surface area contributed by atoms with Crippen LogP contribution in [0.5, 0.6) is 0 Å². The molecule has 0 radical (unpaired) electrons. The highest BCUT2D eigenvalue weighted by Crippen LogP contribution is 2.18. The number of nitrogens with one attached hydrogen (secondary N) is 1. The monoisotopic (exact) mass is 237 g/mol. The third-order valence-electron chi connectivity index (χ3n) is 3.46. The molecular formula is C16H15NO. The number of carbonyl (C=O) groups excluding carboxylic acids is 1. The first kappa shape index (κ1) is 11.2. The maximum Gasteiger partial charge on any atom is 0.180 e. The lowest BCUT2D eigenvalue weighted by molar-refractivity contribution is 0.0938. The average Bonchev–Trinajstić information content (AvgIpc) is 2.47. The van der Waals surface area contributed by atoms with Crippen LogP contribution in [-0.4, -0.2) is 11.8 Å². The van der Waals surface area contributed by atoms with Crippen LogP contribution in [0.4, 0.5) is 0 Å². The Bertz CT molecular complexity index is 562. The molecule has 1 aliphatic rings. The molecule has 0 fully saturated rings. The Labute approximate surface area is 107 Å². The van der Waals surface area contributed by atoms with E-state index in [1.165, 1.54) is 11.1 Å². The van der Waals surface area contributed by atoms with Crippen molar-refractivity contribution in [2.45, 2.75) is 19.0 Å². The molecule has 1 heterocycles. The summed E-state index contributed by atoms with van der Waals surface area (Å²) in [6.45, 7) is 0.777. The van der Waals surface area contributed by atoms with Crippen LogP contribution in [-0.2, 0) is 13.0 Å². The van der Waals surface area contributed by atoms with Crippen LogP contribution in [0.2, 0.25) is 0 Å². The van der Waals surface area contributed by atoms with E-state index in [0.29, 0.717) is 0 Å². The van der Waals surface area contributed by atoms with E-state index in [2.05, 4.69) is 17.4 Å². The molecule has 2 heteroatoms. The topological polar surface area (TPSA) is 29.1 Å². The Morgan fingerprint density at radius 2 is 1.61 bits per heavy atom. The van der Waals surface area contributed by atoms with Crippen LogP contribution in [0.25, 0.3) is 0 Å². The molecule has 0 spiro atoms. The number of Topliss-reactive ketones (excluding diaryl/α,β-unsaturated/α-hetero) is 1. The van der Waals surface area contributed by atoms with Gasteiger partial charge in [-0.3, -0.25) is 4.79 Å². The molecule has 2 nitrogen and oxygen atoms in total. The second-order valence-electron chi connectivity index (χ2n) is 4.64. The molecule has 18 heavy (non-hydrogen) atoms. The van der Waals surface area contributed by atoms with Gasteiger partial charge in [0.05, 0.1) is 6.04 Å². The lowest BCUT2D eigenvalue weighted by Gasteiger charge is -2.25. The second kappa shape index (κ2) is 4.75. The molecule has 90 valence electrons. The quantitative estimate of drug-likeness (QED) is 0.813. The van der Waals surface area contributed by atoms with E-state index in [0.717, 1.165) is 18.5 Å². The van der Waals surface area contributed by atoms with E-state index >= 15 is 0 Å². The van der Waals surface area contributed by atoms with Gasteiger partial charge in [-0.1, -0.05) is 54.6 Å². The van der Waals surface area contributed by atoms with Crippen LogP contribution < -0.4 is 5.32 Å². The standard InChI is InChI=1S/C16H15NO/c18-16(12-6-2-1-3-7-12)15-10-13-8-4-5-9-14(13)11-17-15/h1-9,15,17H,10-11H2. The second-order valence-corrected chi connectivity index (χ2v) is 4.64. The number of fused-ring (bicyclic) bond motifs is 1. The Morgan fingerprint density at radius 1 is 0.944 bits per heavy atom.